The quantitative estimate of drug-likeness (QED) is 0.546. The number of aromatic hydroxyl groups is 1. The molecule has 0 amide bonds. The van der Waals surface area contributed by atoms with Gasteiger partial charge in [-0.05, 0) is 54.1 Å². The highest BCUT2D eigenvalue weighted by Gasteiger charge is 2.07. The largest absolute Gasteiger partial charge is 0.508 e. The van der Waals surface area contributed by atoms with E-state index in [1.165, 1.54) is 0 Å². The van der Waals surface area contributed by atoms with Crippen LogP contribution in [0.15, 0.2) is 72.8 Å². The second-order valence-electron chi connectivity index (χ2n) is 5.81. The van der Waals surface area contributed by atoms with Gasteiger partial charge in [-0.25, -0.2) is 4.52 Å². The normalized spacial score (nSPS) is 10.9. The molecule has 0 aliphatic heterocycles. The summed E-state index contributed by atoms with van der Waals surface area (Å²) in [6.07, 6.45) is 0. The Morgan fingerprint density at radius 3 is 2.64 bits per heavy atom. The van der Waals surface area contributed by atoms with Crippen molar-refractivity contribution in [1.82, 2.24) is 9.61 Å². The second kappa shape index (κ2) is 6.49. The lowest BCUT2D eigenvalue weighted by Gasteiger charge is -2.08. The Kier molecular flexibility index (Phi) is 4.04. The van der Waals surface area contributed by atoms with Crippen LogP contribution in [0.25, 0.3) is 16.8 Å². The fraction of sp³-hybridized carbons (Fsp3) is 0.0500. The highest BCUT2D eigenvalue weighted by Crippen LogP contribution is 2.25. The Bertz CT molecular complexity index is 1040. The fourth-order valence-electron chi connectivity index (χ4n) is 2.81. The predicted octanol–water partition coefficient (Wildman–Crippen LogP) is 4.97. The smallest absolute Gasteiger partial charge is 0.147 e. The minimum Gasteiger partial charge on any atom is -0.508 e. The molecule has 0 radical (unpaired) electrons. The molecule has 2 N–H and O–H groups in total. The molecule has 0 saturated heterocycles. The van der Waals surface area contributed by atoms with Crippen LogP contribution in [-0.4, -0.2) is 14.7 Å². The van der Waals surface area contributed by atoms with Gasteiger partial charge in [0.25, 0.3) is 0 Å². The Morgan fingerprint density at radius 1 is 0.960 bits per heavy atom. The highest BCUT2D eigenvalue weighted by atomic mass is 35.5. The first-order valence-electron chi connectivity index (χ1n) is 7.95. The number of hydrogen-bond acceptors (Lipinski definition) is 3. The number of fused-ring (bicyclic) bond motifs is 1. The number of nitrogens with one attached hydrogen (secondary N) is 1. The van der Waals surface area contributed by atoms with E-state index < -0.39 is 0 Å². The molecule has 0 bridgehead atoms. The summed E-state index contributed by atoms with van der Waals surface area (Å²) >= 11 is 6.02. The van der Waals surface area contributed by atoms with E-state index in [0.29, 0.717) is 6.54 Å². The van der Waals surface area contributed by atoms with Gasteiger partial charge in [0, 0.05) is 17.1 Å². The predicted molar refractivity (Wildman–Crippen MR) is 101 cm³/mol. The van der Waals surface area contributed by atoms with Gasteiger partial charge in [0.1, 0.15) is 11.6 Å². The van der Waals surface area contributed by atoms with E-state index >= 15 is 0 Å². The lowest BCUT2D eigenvalue weighted by molar-refractivity contribution is 0.475. The molecule has 0 atom stereocenters. The maximum absolute atomic E-state index is 9.72. The van der Waals surface area contributed by atoms with Crippen molar-refractivity contribution in [2.75, 3.05) is 5.32 Å². The van der Waals surface area contributed by atoms with Crippen LogP contribution < -0.4 is 5.32 Å². The summed E-state index contributed by atoms with van der Waals surface area (Å²) in [5.41, 5.74) is 3.93. The van der Waals surface area contributed by atoms with E-state index in [2.05, 4.69) is 10.4 Å². The molecule has 5 heteroatoms. The Balaban J connectivity index is 1.64. The van der Waals surface area contributed by atoms with Gasteiger partial charge in [-0.2, -0.15) is 0 Å². The maximum atomic E-state index is 9.72. The molecule has 4 rings (SSSR count). The molecular weight excluding hydrogens is 334 g/mol. The number of halogens is 1. The molecule has 2 aromatic heterocycles. The van der Waals surface area contributed by atoms with Crippen LogP contribution >= 0.6 is 11.6 Å². The van der Waals surface area contributed by atoms with Gasteiger partial charge in [0.05, 0.1) is 11.2 Å². The zero-order chi connectivity index (χ0) is 17.2. The van der Waals surface area contributed by atoms with Crippen molar-refractivity contribution in [2.45, 2.75) is 6.54 Å². The number of nitrogens with zero attached hydrogens (tertiary/aromatic N) is 2. The summed E-state index contributed by atoms with van der Waals surface area (Å²) in [6, 6.07) is 22.9. The van der Waals surface area contributed by atoms with Crippen LogP contribution in [0.3, 0.4) is 0 Å². The third-order valence-corrected chi connectivity index (χ3v) is 4.24. The lowest BCUT2D eigenvalue weighted by atomic mass is 10.1. The summed E-state index contributed by atoms with van der Waals surface area (Å²) in [4.78, 5) is 0. The SMILES string of the molecule is Oc1cccc(-c2ccc3ccc(NCc4cccc(Cl)c4)nn23)c1. The summed E-state index contributed by atoms with van der Waals surface area (Å²) in [5, 5.41) is 18.4. The van der Waals surface area contributed by atoms with E-state index in [1.54, 1.807) is 12.1 Å². The molecule has 0 fully saturated rings. The van der Waals surface area contributed by atoms with Gasteiger partial charge in [0.15, 0.2) is 0 Å². The van der Waals surface area contributed by atoms with Gasteiger partial charge in [-0.15, -0.1) is 5.10 Å². The third kappa shape index (κ3) is 3.30. The first kappa shape index (κ1) is 15.5. The molecule has 0 saturated carbocycles. The van der Waals surface area contributed by atoms with Crippen molar-refractivity contribution in [3.8, 4) is 17.0 Å². The summed E-state index contributed by atoms with van der Waals surface area (Å²) in [7, 11) is 0. The van der Waals surface area contributed by atoms with Crippen LogP contribution in [0.2, 0.25) is 5.02 Å². The van der Waals surface area contributed by atoms with Crippen LogP contribution in [0.4, 0.5) is 5.82 Å². The van der Waals surface area contributed by atoms with Gasteiger partial charge in [0.2, 0.25) is 0 Å². The zero-order valence-corrected chi connectivity index (χ0v) is 14.1. The Hall–Kier alpha value is -2.98. The van der Waals surface area contributed by atoms with E-state index in [4.69, 9.17) is 11.6 Å². The van der Waals surface area contributed by atoms with Crippen LogP contribution in [0.5, 0.6) is 5.75 Å². The number of aromatic nitrogens is 2. The van der Waals surface area contributed by atoms with Crippen molar-refractivity contribution in [3.63, 3.8) is 0 Å². The summed E-state index contributed by atoms with van der Waals surface area (Å²) in [5.74, 6) is 1.01. The molecule has 0 unspecified atom stereocenters. The van der Waals surface area contributed by atoms with Gasteiger partial charge < -0.3 is 10.4 Å². The van der Waals surface area contributed by atoms with Gasteiger partial charge >= 0.3 is 0 Å². The fourth-order valence-corrected chi connectivity index (χ4v) is 3.02. The molecular formula is C20H16ClN3O. The lowest BCUT2D eigenvalue weighted by Crippen LogP contribution is -2.04. The molecule has 124 valence electrons. The monoisotopic (exact) mass is 349 g/mol. The van der Waals surface area contributed by atoms with Crippen LogP contribution in [-0.2, 0) is 6.54 Å². The summed E-state index contributed by atoms with van der Waals surface area (Å²) < 4.78 is 1.87. The first-order valence-corrected chi connectivity index (χ1v) is 8.33. The number of phenols is 1. The standard InChI is InChI=1S/C20H16ClN3O/c21-16-5-1-3-14(11-16)13-22-20-10-8-17-7-9-19(24(17)23-20)15-4-2-6-18(25)12-15/h1-12,25H,13H2,(H,22,23). The number of rotatable bonds is 4. The van der Waals surface area contributed by atoms with E-state index in [0.717, 1.165) is 33.2 Å². The minimum absolute atomic E-state index is 0.239. The summed E-state index contributed by atoms with van der Waals surface area (Å²) in [6.45, 7) is 0.641. The second-order valence-corrected chi connectivity index (χ2v) is 6.24. The molecule has 0 aliphatic rings. The number of phenolic OH excluding ortho intramolecular Hbond substituents is 1. The number of benzene rings is 2. The maximum Gasteiger partial charge on any atom is 0.147 e. The molecule has 4 nitrogen and oxygen atoms in total. The van der Waals surface area contributed by atoms with Crippen LogP contribution in [0.1, 0.15) is 5.56 Å². The Labute approximate surface area is 150 Å². The first-order chi connectivity index (χ1) is 12.2. The number of hydrogen-bond donors (Lipinski definition) is 2. The van der Waals surface area contributed by atoms with Crippen molar-refractivity contribution < 1.29 is 5.11 Å². The average Bonchev–Trinajstić information content (AvgIpc) is 3.03. The van der Waals surface area contributed by atoms with Crippen LogP contribution in [0, 0.1) is 0 Å². The number of anilines is 1. The zero-order valence-electron chi connectivity index (χ0n) is 13.4. The van der Waals surface area contributed by atoms with E-state index in [1.807, 2.05) is 65.2 Å². The topological polar surface area (TPSA) is 49.6 Å². The molecule has 0 aliphatic carbocycles. The Morgan fingerprint density at radius 2 is 1.80 bits per heavy atom. The molecule has 2 aromatic carbocycles. The average molecular weight is 350 g/mol. The molecule has 0 spiro atoms. The molecule has 25 heavy (non-hydrogen) atoms. The van der Waals surface area contributed by atoms with E-state index in [9.17, 15) is 5.11 Å². The molecule has 2 heterocycles. The van der Waals surface area contributed by atoms with Crippen molar-refractivity contribution in [1.29, 1.82) is 0 Å². The van der Waals surface area contributed by atoms with Crippen molar-refractivity contribution in [3.05, 3.63) is 83.4 Å². The van der Waals surface area contributed by atoms with Gasteiger partial charge in [-0.1, -0.05) is 35.9 Å². The van der Waals surface area contributed by atoms with Gasteiger partial charge in [-0.3, -0.25) is 0 Å². The van der Waals surface area contributed by atoms with Crippen molar-refractivity contribution >= 4 is 22.9 Å². The highest BCUT2D eigenvalue weighted by molar-refractivity contribution is 6.30. The van der Waals surface area contributed by atoms with E-state index in [-0.39, 0.29) is 5.75 Å². The minimum atomic E-state index is 0.239. The molecule has 4 aromatic rings. The van der Waals surface area contributed by atoms with Crippen molar-refractivity contribution in [2.24, 2.45) is 0 Å². The third-order valence-electron chi connectivity index (χ3n) is 4.01.